The molecule has 8 nitrogen and oxygen atoms in total. The molecule has 0 unspecified atom stereocenters. The molecule has 9 heteroatoms. The number of para-hydroxylation sites is 1. The number of ether oxygens (including phenoxy) is 2. The summed E-state index contributed by atoms with van der Waals surface area (Å²) < 4.78 is 16.1. The summed E-state index contributed by atoms with van der Waals surface area (Å²) in [7, 11) is 2.93. The second-order valence-electron chi connectivity index (χ2n) is 7.05. The van der Waals surface area contributed by atoms with Crippen LogP contribution in [0.2, 0.25) is 5.02 Å². The van der Waals surface area contributed by atoms with Crippen LogP contribution in [0, 0.1) is 6.92 Å². The first-order valence-corrected chi connectivity index (χ1v) is 9.96. The van der Waals surface area contributed by atoms with Crippen molar-refractivity contribution in [3.8, 4) is 11.5 Å². The van der Waals surface area contributed by atoms with E-state index in [0.717, 1.165) is 0 Å². The van der Waals surface area contributed by atoms with E-state index in [0.29, 0.717) is 33.4 Å². The van der Waals surface area contributed by atoms with Crippen LogP contribution in [-0.2, 0) is 9.59 Å². The quantitative estimate of drug-likeness (QED) is 0.348. The molecule has 3 aromatic rings. The van der Waals surface area contributed by atoms with Crippen LogP contribution in [0.25, 0.3) is 5.76 Å². The Morgan fingerprint density at radius 1 is 1.12 bits per heavy atom. The largest absolute Gasteiger partial charge is 0.507 e. The summed E-state index contributed by atoms with van der Waals surface area (Å²) in [5.41, 5.74) is 0.641. The number of aromatic nitrogens is 1. The molecule has 1 amide bonds. The standard InChI is InChI=1S/C23H19ClN2O6/c1-12-11-17(25-32-12)26-19(15-5-4-6-16(30-2)22(15)31-3)18(21(28)23(26)29)20(27)13-7-9-14(24)10-8-13/h4-11,19,27H,1-3H3/b20-18+/t19-/m1/s1. The molecular formula is C23H19ClN2O6. The Labute approximate surface area is 188 Å². The lowest BCUT2D eigenvalue weighted by molar-refractivity contribution is -0.132. The van der Waals surface area contributed by atoms with Gasteiger partial charge in [0.25, 0.3) is 5.78 Å². The second kappa shape index (κ2) is 8.39. The summed E-state index contributed by atoms with van der Waals surface area (Å²) >= 11 is 5.95. The van der Waals surface area contributed by atoms with Gasteiger partial charge in [0, 0.05) is 22.2 Å². The zero-order valence-electron chi connectivity index (χ0n) is 17.5. The van der Waals surface area contributed by atoms with Crippen LogP contribution in [0.15, 0.2) is 58.6 Å². The van der Waals surface area contributed by atoms with E-state index in [1.807, 2.05) is 0 Å². The summed E-state index contributed by atoms with van der Waals surface area (Å²) in [4.78, 5) is 27.4. The number of anilines is 1. The number of aliphatic hydroxyl groups is 1. The number of carbonyl (C=O) groups excluding carboxylic acids is 2. The molecule has 2 aromatic carbocycles. The van der Waals surface area contributed by atoms with Gasteiger partial charge >= 0.3 is 5.91 Å². The molecule has 1 aliphatic heterocycles. The molecule has 0 saturated carbocycles. The Morgan fingerprint density at radius 3 is 2.44 bits per heavy atom. The highest BCUT2D eigenvalue weighted by Gasteiger charge is 2.49. The van der Waals surface area contributed by atoms with Crippen LogP contribution >= 0.6 is 11.6 Å². The zero-order valence-corrected chi connectivity index (χ0v) is 18.2. The molecule has 0 aliphatic carbocycles. The Bertz CT molecular complexity index is 1230. The number of aliphatic hydroxyl groups excluding tert-OH is 1. The first-order valence-electron chi connectivity index (χ1n) is 9.58. The number of Topliss-reactive ketones (excluding diaryl/α,β-unsaturated/α-hetero) is 1. The Hall–Kier alpha value is -3.78. The zero-order chi connectivity index (χ0) is 23.0. The average Bonchev–Trinajstić information content (AvgIpc) is 3.33. The number of aryl methyl sites for hydroxylation is 1. The van der Waals surface area contributed by atoms with Crippen LogP contribution in [0.3, 0.4) is 0 Å². The Morgan fingerprint density at radius 2 is 1.84 bits per heavy atom. The third-order valence-electron chi connectivity index (χ3n) is 5.15. The van der Waals surface area contributed by atoms with Gasteiger partial charge in [0.1, 0.15) is 17.6 Å². The predicted molar refractivity (Wildman–Crippen MR) is 117 cm³/mol. The van der Waals surface area contributed by atoms with E-state index in [4.69, 9.17) is 25.6 Å². The van der Waals surface area contributed by atoms with Gasteiger partial charge in [-0.15, -0.1) is 0 Å². The number of rotatable bonds is 5. The SMILES string of the molecule is COc1cccc([C@@H]2/C(=C(\O)c3ccc(Cl)cc3)C(=O)C(=O)N2c2cc(C)on2)c1OC. The normalized spacial score (nSPS) is 17.6. The van der Waals surface area contributed by atoms with Gasteiger partial charge in [0.2, 0.25) is 0 Å². The molecule has 164 valence electrons. The number of methoxy groups -OCH3 is 2. The number of carbonyl (C=O) groups is 2. The molecule has 1 saturated heterocycles. The number of ketones is 1. The molecule has 0 radical (unpaired) electrons. The molecule has 1 N–H and O–H groups in total. The predicted octanol–water partition coefficient (Wildman–Crippen LogP) is 4.28. The minimum atomic E-state index is -1.04. The van der Waals surface area contributed by atoms with E-state index in [9.17, 15) is 14.7 Å². The molecule has 2 heterocycles. The monoisotopic (exact) mass is 454 g/mol. The van der Waals surface area contributed by atoms with Crippen molar-refractivity contribution in [3.63, 3.8) is 0 Å². The van der Waals surface area contributed by atoms with Crippen LogP contribution in [0.1, 0.15) is 22.9 Å². The number of halogens is 1. The molecule has 32 heavy (non-hydrogen) atoms. The second-order valence-corrected chi connectivity index (χ2v) is 7.49. The molecule has 0 spiro atoms. The third-order valence-corrected chi connectivity index (χ3v) is 5.40. The van der Waals surface area contributed by atoms with Crippen molar-refractivity contribution in [3.05, 3.63) is 76.0 Å². The molecule has 4 rings (SSSR count). The van der Waals surface area contributed by atoms with Crippen LogP contribution in [0.4, 0.5) is 5.82 Å². The fourth-order valence-electron chi connectivity index (χ4n) is 3.72. The van der Waals surface area contributed by atoms with Gasteiger partial charge in [-0.25, -0.2) is 0 Å². The molecule has 1 fully saturated rings. The molecular weight excluding hydrogens is 436 g/mol. The van der Waals surface area contributed by atoms with Crippen molar-refractivity contribution < 1.29 is 28.7 Å². The molecule has 0 bridgehead atoms. The first-order chi connectivity index (χ1) is 15.4. The maximum absolute atomic E-state index is 13.1. The topological polar surface area (TPSA) is 102 Å². The van der Waals surface area contributed by atoms with Gasteiger partial charge < -0.3 is 19.1 Å². The van der Waals surface area contributed by atoms with E-state index in [1.54, 1.807) is 49.4 Å². The van der Waals surface area contributed by atoms with E-state index in [1.165, 1.54) is 25.2 Å². The number of benzene rings is 2. The summed E-state index contributed by atoms with van der Waals surface area (Å²) in [6.45, 7) is 1.67. The van der Waals surface area contributed by atoms with Crippen molar-refractivity contribution in [1.82, 2.24) is 5.16 Å². The van der Waals surface area contributed by atoms with Crippen molar-refractivity contribution >= 4 is 34.9 Å². The maximum Gasteiger partial charge on any atom is 0.301 e. The van der Waals surface area contributed by atoms with E-state index < -0.39 is 17.7 Å². The first kappa shape index (κ1) is 21.5. The highest BCUT2D eigenvalue weighted by atomic mass is 35.5. The number of nitrogens with zero attached hydrogens (tertiary/aromatic N) is 2. The van der Waals surface area contributed by atoms with Gasteiger partial charge in [0.15, 0.2) is 17.3 Å². The van der Waals surface area contributed by atoms with Gasteiger partial charge in [0.05, 0.1) is 19.8 Å². The Balaban J connectivity index is 2.01. The van der Waals surface area contributed by atoms with Gasteiger partial charge in [-0.3, -0.25) is 14.5 Å². The average molecular weight is 455 g/mol. The van der Waals surface area contributed by atoms with Crippen molar-refractivity contribution in [2.24, 2.45) is 0 Å². The fraction of sp³-hybridized carbons (Fsp3) is 0.174. The van der Waals surface area contributed by atoms with E-state index in [2.05, 4.69) is 5.16 Å². The summed E-state index contributed by atoms with van der Waals surface area (Å²) in [5.74, 6) is -0.771. The number of amides is 1. The third kappa shape index (κ3) is 3.48. The highest BCUT2D eigenvalue weighted by molar-refractivity contribution is 6.51. The molecule has 1 atom stereocenters. The smallest absolute Gasteiger partial charge is 0.301 e. The summed E-state index contributed by atoms with van der Waals surface area (Å²) in [6, 6.07) is 11.8. The number of hydrogen-bond donors (Lipinski definition) is 1. The maximum atomic E-state index is 13.1. The van der Waals surface area contributed by atoms with Crippen molar-refractivity contribution in [2.45, 2.75) is 13.0 Å². The minimum absolute atomic E-state index is 0.121. The summed E-state index contributed by atoms with van der Waals surface area (Å²) in [6.07, 6.45) is 0. The minimum Gasteiger partial charge on any atom is -0.507 e. The van der Waals surface area contributed by atoms with Crippen LogP contribution in [0.5, 0.6) is 11.5 Å². The van der Waals surface area contributed by atoms with Crippen molar-refractivity contribution in [2.75, 3.05) is 19.1 Å². The lowest BCUT2D eigenvalue weighted by Crippen LogP contribution is -2.30. The lowest BCUT2D eigenvalue weighted by Gasteiger charge is -2.25. The molecule has 1 aliphatic rings. The number of hydrogen-bond acceptors (Lipinski definition) is 7. The lowest BCUT2D eigenvalue weighted by atomic mass is 9.94. The van der Waals surface area contributed by atoms with Gasteiger partial charge in [-0.05, 0) is 37.3 Å². The fourth-order valence-corrected chi connectivity index (χ4v) is 3.85. The van der Waals surface area contributed by atoms with Crippen LogP contribution < -0.4 is 14.4 Å². The van der Waals surface area contributed by atoms with Crippen molar-refractivity contribution in [1.29, 1.82) is 0 Å². The van der Waals surface area contributed by atoms with Gasteiger partial charge in [-0.2, -0.15) is 0 Å². The Kier molecular flexibility index (Phi) is 5.63. The van der Waals surface area contributed by atoms with Gasteiger partial charge in [-0.1, -0.05) is 28.9 Å². The highest BCUT2D eigenvalue weighted by Crippen LogP contribution is 2.47. The van der Waals surface area contributed by atoms with E-state index >= 15 is 0 Å². The van der Waals surface area contributed by atoms with Crippen LogP contribution in [-0.4, -0.2) is 36.2 Å². The summed E-state index contributed by atoms with van der Waals surface area (Å²) in [5, 5.41) is 15.5. The molecule has 1 aromatic heterocycles. The van der Waals surface area contributed by atoms with E-state index in [-0.39, 0.29) is 17.2 Å².